The molecule has 0 saturated heterocycles. The Morgan fingerprint density at radius 3 is 2.67 bits per heavy atom. The lowest BCUT2D eigenvalue weighted by Crippen LogP contribution is -2.11. The number of carbonyl (C=O) groups is 2. The van der Waals surface area contributed by atoms with Gasteiger partial charge in [0, 0.05) is 15.6 Å². The fourth-order valence-electron chi connectivity index (χ4n) is 1.34. The molecule has 0 radical (unpaired) electrons. The lowest BCUT2D eigenvalue weighted by atomic mass is 10.0. The van der Waals surface area contributed by atoms with Crippen LogP contribution < -0.4 is 4.74 Å². The molecule has 0 aliphatic rings. The van der Waals surface area contributed by atoms with Crippen LogP contribution in [-0.2, 0) is 16.0 Å². The van der Waals surface area contributed by atoms with E-state index in [0.717, 1.165) is 7.11 Å². The van der Waals surface area contributed by atoms with Gasteiger partial charge in [-0.25, -0.2) is 0 Å². The van der Waals surface area contributed by atoms with E-state index >= 15 is 0 Å². The smallest absolute Gasteiger partial charge is 0.387 e. The number of hydrogen-bond donors (Lipinski definition) is 0. The summed E-state index contributed by atoms with van der Waals surface area (Å²) in [6.45, 7) is -3.05. The molecule has 0 spiro atoms. The number of benzene rings is 1. The van der Waals surface area contributed by atoms with Crippen molar-refractivity contribution in [2.45, 2.75) is 13.0 Å². The molecule has 1 aromatic carbocycles. The van der Waals surface area contributed by atoms with Crippen molar-refractivity contribution in [1.29, 1.82) is 0 Å². The van der Waals surface area contributed by atoms with Crippen molar-refractivity contribution in [3.05, 3.63) is 27.7 Å². The van der Waals surface area contributed by atoms with Crippen LogP contribution in [0.4, 0.5) is 8.78 Å². The van der Waals surface area contributed by atoms with Gasteiger partial charge in [-0.3, -0.25) is 9.59 Å². The zero-order valence-electron chi connectivity index (χ0n) is 9.28. The van der Waals surface area contributed by atoms with Crippen LogP contribution in [0.3, 0.4) is 0 Å². The Kier molecular flexibility index (Phi) is 5.21. The molecule has 1 rings (SSSR count). The van der Waals surface area contributed by atoms with Crippen LogP contribution >= 0.6 is 15.9 Å². The Bertz CT molecular complexity index is 463. The first-order chi connectivity index (χ1) is 8.47. The number of alkyl halides is 2. The third kappa shape index (κ3) is 3.76. The molecule has 0 aliphatic heterocycles. The van der Waals surface area contributed by atoms with Gasteiger partial charge in [-0.1, -0.05) is 15.9 Å². The topological polar surface area (TPSA) is 52.6 Å². The molecule has 18 heavy (non-hydrogen) atoms. The normalized spacial score (nSPS) is 10.3. The maximum absolute atomic E-state index is 12.2. The minimum atomic E-state index is -3.05. The monoisotopic (exact) mass is 322 g/mol. The number of esters is 1. The van der Waals surface area contributed by atoms with Gasteiger partial charge in [-0.15, -0.1) is 0 Å². The second-order valence-electron chi connectivity index (χ2n) is 3.22. The van der Waals surface area contributed by atoms with E-state index in [1.807, 2.05) is 0 Å². The van der Waals surface area contributed by atoms with Gasteiger partial charge in [-0.2, -0.15) is 8.78 Å². The molecule has 0 amide bonds. The molecule has 0 aromatic heterocycles. The first kappa shape index (κ1) is 14.6. The van der Waals surface area contributed by atoms with Crippen molar-refractivity contribution in [3.63, 3.8) is 0 Å². The van der Waals surface area contributed by atoms with Crippen LogP contribution in [0.1, 0.15) is 15.9 Å². The molecule has 0 saturated carbocycles. The summed E-state index contributed by atoms with van der Waals surface area (Å²) in [6, 6.07) is 2.67. The Hall–Kier alpha value is -1.50. The zero-order valence-corrected chi connectivity index (χ0v) is 10.9. The maximum atomic E-state index is 12.2. The van der Waals surface area contributed by atoms with Gasteiger partial charge in [0.1, 0.15) is 5.75 Å². The summed E-state index contributed by atoms with van der Waals surface area (Å²) in [7, 11) is 1.16. The van der Waals surface area contributed by atoms with Gasteiger partial charge in [0.15, 0.2) is 6.29 Å². The third-order valence-corrected chi connectivity index (χ3v) is 2.56. The fraction of sp³-hybridized carbons (Fsp3) is 0.273. The lowest BCUT2D eigenvalue weighted by Gasteiger charge is -2.12. The molecule has 0 N–H and O–H groups in total. The number of carbonyl (C=O) groups excluding carboxylic acids is 2. The van der Waals surface area contributed by atoms with E-state index in [9.17, 15) is 18.4 Å². The van der Waals surface area contributed by atoms with E-state index in [4.69, 9.17) is 0 Å². The lowest BCUT2D eigenvalue weighted by molar-refractivity contribution is -0.139. The predicted octanol–water partition coefficient (Wildman–Crippen LogP) is 2.58. The highest BCUT2D eigenvalue weighted by Gasteiger charge is 2.17. The summed E-state index contributed by atoms with van der Waals surface area (Å²) in [4.78, 5) is 22.1. The molecule has 0 unspecified atom stereocenters. The Balaban J connectivity index is 3.23. The standard InChI is InChI=1S/C11H9BrF2O4/c1-17-10(16)4-8-6(5-15)2-7(12)3-9(8)18-11(13)14/h2-3,5,11H,4H2,1H3. The van der Waals surface area contributed by atoms with Crippen LogP contribution in [0.5, 0.6) is 5.75 Å². The van der Waals surface area contributed by atoms with Crippen molar-refractivity contribution in [1.82, 2.24) is 0 Å². The molecular formula is C11H9BrF2O4. The first-order valence-electron chi connectivity index (χ1n) is 4.77. The average Bonchev–Trinajstić information content (AvgIpc) is 2.30. The largest absolute Gasteiger partial charge is 0.469 e. The molecule has 0 heterocycles. The van der Waals surface area contributed by atoms with Gasteiger partial charge >= 0.3 is 12.6 Å². The van der Waals surface area contributed by atoms with Crippen molar-refractivity contribution >= 4 is 28.2 Å². The summed E-state index contributed by atoms with van der Waals surface area (Å²) in [5, 5.41) is 0. The van der Waals surface area contributed by atoms with Gasteiger partial charge < -0.3 is 9.47 Å². The number of ether oxygens (including phenoxy) is 2. The van der Waals surface area contributed by atoms with Gasteiger partial charge in [0.2, 0.25) is 0 Å². The van der Waals surface area contributed by atoms with Gasteiger partial charge in [0.05, 0.1) is 13.5 Å². The highest BCUT2D eigenvalue weighted by Crippen LogP contribution is 2.29. The Labute approximate surface area is 110 Å². The summed E-state index contributed by atoms with van der Waals surface area (Å²) >= 11 is 3.06. The number of halogens is 3. The van der Waals surface area contributed by atoms with Crippen LogP contribution in [0.2, 0.25) is 0 Å². The predicted molar refractivity (Wildman–Crippen MR) is 61.9 cm³/mol. The van der Waals surface area contributed by atoms with Crippen LogP contribution in [0, 0.1) is 0 Å². The fourth-order valence-corrected chi connectivity index (χ4v) is 1.80. The van der Waals surface area contributed by atoms with Crippen molar-refractivity contribution in [2.24, 2.45) is 0 Å². The van der Waals surface area contributed by atoms with Crippen LogP contribution in [0.15, 0.2) is 16.6 Å². The van der Waals surface area contributed by atoms with E-state index in [2.05, 4.69) is 25.4 Å². The van der Waals surface area contributed by atoms with E-state index in [1.54, 1.807) is 0 Å². The van der Waals surface area contributed by atoms with Crippen molar-refractivity contribution in [2.75, 3.05) is 7.11 Å². The third-order valence-electron chi connectivity index (χ3n) is 2.10. The molecule has 0 atom stereocenters. The summed E-state index contributed by atoms with van der Waals surface area (Å²) < 4.78 is 33.6. The van der Waals surface area contributed by atoms with E-state index < -0.39 is 12.6 Å². The zero-order chi connectivity index (χ0) is 13.7. The molecule has 4 nitrogen and oxygen atoms in total. The second kappa shape index (κ2) is 6.44. The molecule has 0 aliphatic carbocycles. The summed E-state index contributed by atoms with van der Waals surface area (Å²) in [5.74, 6) is -0.883. The van der Waals surface area contributed by atoms with Crippen LogP contribution in [0.25, 0.3) is 0 Å². The van der Waals surface area contributed by atoms with Gasteiger partial charge in [-0.05, 0) is 12.1 Å². The quantitative estimate of drug-likeness (QED) is 0.617. The van der Waals surface area contributed by atoms with E-state index in [0.29, 0.717) is 10.8 Å². The molecule has 98 valence electrons. The number of rotatable bonds is 5. The van der Waals surface area contributed by atoms with Crippen LogP contribution in [-0.4, -0.2) is 26.0 Å². The van der Waals surface area contributed by atoms with E-state index in [-0.39, 0.29) is 23.3 Å². The maximum Gasteiger partial charge on any atom is 0.387 e. The first-order valence-corrected chi connectivity index (χ1v) is 5.56. The second-order valence-corrected chi connectivity index (χ2v) is 4.14. The van der Waals surface area contributed by atoms with Gasteiger partial charge in [0.25, 0.3) is 0 Å². The average molecular weight is 323 g/mol. The number of hydrogen-bond acceptors (Lipinski definition) is 4. The Morgan fingerprint density at radius 1 is 1.50 bits per heavy atom. The minimum absolute atomic E-state index is 0.0698. The minimum Gasteiger partial charge on any atom is -0.469 e. The molecule has 0 fully saturated rings. The van der Waals surface area contributed by atoms with E-state index in [1.165, 1.54) is 12.1 Å². The molecular weight excluding hydrogens is 314 g/mol. The SMILES string of the molecule is COC(=O)Cc1c(C=O)cc(Br)cc1OC(F)F. The summed E-state index contributed by atoms with van der Waals surface area (Å²) in [6.07, 6.45) is 0.140. The molecule has 0 bridgehead atoms. The Morgan fingerprint density at radius 2 is 2.17 bits per heavy atom. The molecule has 1 aromatic rings. The highest BCUT2D eigenvalue weighted by atomic mass is 79.9. The highest BCUT2D eigenvalue weighted by molar-refractivity contribution is 9.10. The number of aldehydes is 1. The molecule has 7 heteroatoms. The number of methoxy groups -OCH3 is 1. The van der Waals surface area contributed by atoms with Crippen molar-refractivity contribution in [3.8, 4) is 5.75 Å². The summed E-state index contributed by atoms with van der Waals surface area (Å²) in [5.41, 5.74) is 0.158. The van der Waals surface area contributed by atoms with Crippen molar-refractivity contribution < 1.29 is 27.8 Å².